The van der Waals surface area contributed by atoms with Gasteiger partial charge in [0, 0.05) is 43.7 Å². The highest BCUT2D eigenvalue weighted by molar-refractivity contribution is 6.30. The van der Waals surface area contributed by atoms with Crippen molar-refractivity contribution in [2.45, 2.75) is 81.1 Å². The van der Waals surface area contributed by atoms with E-state index < -0.39 is 0 Å². The third kappa shape index (κ3) is 6.19. The van der Waals surface area contributed by atoms with Crippen molar-refractivity contribution in [3.05, 3.63) is 190 Å². The SMILES string of the molecule is Cc1ccc(C)c(N(c2cc(C(C)C)c3ccc4c(N(c5cc(C)ccc5C)c5c(C)ccc6c5oc5ccccc56)cc(C(C)C)c5ccc2c3c54)c2c(C)ccc3c2oc2ccccc23)c1. The quantitative estimate of drug-likeness (QED) is 0.142. The molecule has 0 radical (unpaired) electrons. The number of furan rings is 2. The molecule has 0 fully saturated rings. The number of benzene rings is 10. The summed E-state index contributed by atoms with van der Waals surface area (Å²) in [6.07, 6.45) is 0. The number of rotatable bonds is 8. The van der Waals surface area contributed by atoms with Crippen LogP contribution in [0.5, 0.6) is 0 Å². The van der Waals surface area contributed by atoms with Crippen molar-refractivity contribution >= 4 is 110 Å². The smallest absolute Gasteiger partial charge is 0.159 e. The van der Waals surface area contributed by atoms with E-state index >= 15 is 0 Å². The topological polar surface area (TPSA) is 32.8 Å². The first-order chi connectivity index (χ1) is 32.9. The Kier molecular flexibility index (Phi) is 9.54. The van der Waals surface area contributed by atoms with Crippen LogP contribution in [0.15, 0.2) is 154 Å². The molecule has 2 aromatic heterocycles. The van der Waals surface area contributed by atoms with E-state index in [1.165, 1.54) is 65.7 Å². The molecule has 0 aliphatic carbocycles. The normalized spacial score (nSPS) is 12.2. The molecule has 0 aliphatic rings. The van der Waals surface area contributed by atoms with Crippen molar-refractivity contribution in [3.8, 4) is 0 Å². The van der Waals surface area contributed by atoms with Gasteiger partial charge in [-0.05, 0) is 156 Å². The van der Waals surface area contributed by atoms with Gasteiger partial charge in [0.2, 0.25) is 0 Å². The predicted molar refractivity (Wildman–Crippen MR) is 291 cm³/mol. The lowest BCUT2D eigenvalue weighted by Gasteiger charge is -2.33. The zero-order valence-corrected chi connectivity index (χ0v) is 40.7. The van der Waals surface area contributed by atoms with Crippen LogP contribution in [0.1, 0.15) is 84.0 Å². The zero-order chi connectivity index (χ0) is 46.9. The second kappa shape index (κ2) is 15.5. The van der Waals surface area contributed by atoms with Gasteiger partial charge in [-0.2, -0.15) is 0 Å². The van der Waals surface area contributed by atoms with Crippen molar-refractivity contribution in [3.63, 3.8) is 0 Å². The van der Waals surface area contributed by atoms with E-state index in [4.69, 9.17) is 8.83 Å². The lowest BCUT2D eigenvalue weighted by Crippen LogP contribution is -2.15. The monoisotopic (exact) mass is 884 g/mol. The van der Waals surface area contributed by atoms with Gasteiger partial charge in [0.05, 0.1) is 22.7 Å². The third-order valence-electron chi connectivity index (χ3n) is 14.7. The van der Waals surface area contributed by atoms with Crippen LogP contribution in [0, 0.1) is 41.5 Å². The minimum Gasteiger partial charge on any atom is -0.454 e. The van der Waals surface area contributed by atoms with Gasteiger partial charge in [-0.3, -0.25) is 0 Å². The van der Waals surface area contributed by atoms with Gasteiger partial charge in [-0.1, -0.05) is 137 Å². The number of hydrogen-bond acceptors (Lipinski definition) is 4. The average Bonchev–Trinajstić information content (AvgIpc) is 3.90. The highest BCUT2D eigenvalue weighted by atomic mass is 16.3. The predicted octanol–water partition coefficient (Wildman–Crippen LogP) is 19.4. The fraction of sp³-hybridized carbons (Fsp3) is 0.188. The van der Waals surface area contributed by atoms with Gasteiger partial charge < -0.3 is 18.6 Å². The fourth-order valence-electron chi connectivity index (χ4n) is 11.3. The number of fused-ring (bicyclic) bond motifs is 6. The molecule has 68 heavy (non-hydrogen) atoms. The van der Waals surface area contributed by atoms with E-state index in [1.807, 2.05) is 0 Å². The van der Waals surface area contributed by atoms with E-state index in [0.29, 0.717) is 0 Å². The van der Waals surface area contributed by atoms with Crippen molar-refractivity contribution in [2.24, 2.45) is 0 Å². The zero-order valence-electron chi connectivity index (χ0n) is 40.7. The lowest BCUT2D eigenvalue weighted by molar-refractivity contribution is 0.668. The number of anilines is 6. The van der Waals surface area contributed by atoms with Crippen LogP contribution in [-0.2, 0) is 0 Å². The summed E-state index contributed by atoms with van der Waals surface area (Å²) >= 11 is 0. The molecule has 12 rings (SSSR count). The molecule has 0 N–H and O–H groups in total. The third-order valence-corrected chi connectivity index (χ3v) is 14.7. The molecule has 334 valence electrons. The summed E-state index contributed by atoms with van der Waals surface area (Å²) in [6, 6.07) is 54.1. The van der Waals surface area contributed by atoms with Crippen LogP contribution in [-0.4, -0.2) is 0 Å². The summed E-state index contributed by atoms with van der Waals surface area (Å²) in [6.45, 7) is 22.7. The van der Waals surface area contributed by atoms with Crippen molar-refractivity contribution in [1.82, 2.24) is 0 Å². The Labute approximate surface area is 398 Å². The maximum absolute atomic E-state index is 6.95. The number of hydrogen-bond donors (Lipinski definition) is 0. The summed E-state index contributed by atoms with van der Waals surface area (Å²) in [5.74, 6) is 0.483. The van der Waals surface area contributed by atoms with Crippen molar-refractivity contribution < 1.29 is 8.83 Å². The van der Waals surface area contributed by atoms with Gasteiger partial charge in [-0.15, -0.1) is 0 Å². The van der Waals surface area contributed by atoms with Crippen LogP contribution in [0.3, 0.4) is 0 Å². The molecule has 0 atom stereocenters. The number of aryl methyl sites for hydroxylation is 6. The van der Waals surface area contributed by atoms with Gasteiger partial charge >= 0.3 is 0 Å². The summed E-state index contributed by atoms with van der Waals surface area (Å²) in [5.41, 5.74) is 20.0. The van der Waals surface area contributed by atoms with E-state index in [1.54, 1.807) is 0 Å². The van der Waals surface area contributed by atoms with Gasteiger partial charge in [0.1, 0.15) is 11.2 Å². The van der Waals surface area contributed by atoms with Crippen LogP contribution >= 0.6 is 0 Å². The first kappa shape index (κ1) is 41.8. The Morgan fingerprint density at radius 2 is 0.706 bits per heavy atom. The molecule has 0 aliphatic heterocycles. The van der Waals surface area contributed by atoms with E-state index in [2.05, 4.69) is 225 Å². The average molecular weight is 885 g/mol. The Morgan fingerprint density at radius 3 is 1.12 bits per heavy atom. The largest absolute Gasteiger partial charge is 0.454 e. The Balaban J connectivity index is 1.25. The maximum Gasteiger partial charge on any atom is 0.159 e. The van der Waals surface area contributed by atoms with E-state index in [9.17, 15) is 0 Å². The number of nitrogens with zero attached hydrogens (tertiary/aromatic N) is 2. The Morgan fingerprint density at radius 1 is 0.338 bits per heavy atom. The van der Waals surface area contributed by atoms with Gasteiger partial charge in [0.15, 0.2) is 11.2 Å². The summed E-state index contributed by atoms with van der Waals surface area (Å²) < 4.78 is 13.9. The number of para-hydroxylation sites is 2. The molecule has 0 amide bonds. The molecule has 4 heteroatoms. The molecule has 12 aromatic rings. The first-order valence-corrected chi connectivity index (χ1v) is 24.2. The fourth-order valence-corrected chi connectivity index (χ4v) is 11.3. The molecule has 0 bridgehead atoms. The second-order valence-corrected chi connectivity index (χ2v) is 20.0. The van der Waals surface area contributed by atoms with Crippen LogP contribution in [0.2, 0.25) is 0 Å². The Hall–Kier alpha value is -7.56. The highest BCUT2D eigenvalue weighted by Crippen LogP contribution is 2.54. The van der Waals surface area contributed by atoms with E-state index in [-0.39, 0.29) is 11.8 Å². The molecule has 0 saturated carbocycles. The molecule has 4 nitrogen and oxygen atoms in total. The van der Waals surface area contributed by atoms with Gasteiger partial charge in [-0.25, -0.2) is 0 Å². The van der Waals surface area contributed by atoms with Crippen LogP contribution in [0.4, 0.5) is 34.1 Å². The molecule has 2 heterocycles. The van der Waals surface area contributed by atoms with Gasteiger partial charge in [0.25, 0.3) is 0 Å². The van der Waals surface area contributed by atoms with Crippen LogP contribution in [0.25, 0.3) is 76.2 Å². The molecule has 0 spiro atoms. The summed E-state index contributed by atoms with van der Waals surface area (Å²) in [5, 5.41) is 12.0. The standard InChI is InChI=1S/C64H56N2O2/c1-35(2)51-33-55(65(53-31-37(5)19-21-39(53)7)61-41(9)23-25-47-43-15-11-13-17-57(43)67-63(47)61)49-30-28-46-52(36(3)4)34-56(50-29-27-45(51)59(49)60(46)50)66(54-32-38(6)20-22-40(54)8)62-42(10)24-26-48-44-16-12-14-18-58(44)68-64(48)62/h11-36H,1-10H3. The minimum atomic E-state index is 0.241. The summed E-state index contributed by atoms with van der Waals surface area (Å²) in [7, 11) is 0. The molecular formula is C64H56N2O2. The minimum absolute atomic E-state index is 0.241. The highest BCUT2D eigenvalue weighted by Gasteiger charge is 2.30. The molecular weight excluding hydrogens is 829 g/mol. The lowest BCUT2D eigenvalue weighted by atomic mass is 9.83. The molecule has 10 aromatic carbocycles. The van der Waals surface area contributed by atoms with Crippen molar-refractivity contribution in [1.29, 1.82) is 0 Å². The maximum atomic E-state index is 6.95. The van der Waals surface area contributed by atoms with Crippen LogP contribution < -0.4 is 9.80 Å². The van der Waals surface area contributed by atoms with Crippen molar-refractivity contribution in [2.75, 3.05) is 9.80 Å². The first-order valence-electron chi connectivity index (χ1n) is 24.2. The summed E-state index contributed by atoms with van der Waals surface area (Å²) in [4.78, 5) is 5.05. The molecule has 0 unspecified atom stereocenters. The second-order valence-electron chi connectivity index (χ2n) is 20.0. The van der Waals surface area contributed by atoms with E-state index in [0.717, 1.165) is 89.1 Å². The Bertz CT molecular complexity index is 3750. The molecule has 0 saturated heterocycles.